The van der Waals surface area contributed by atoms with E-state index in [1.165, 1.54) is 23.9 Å². The molecule has 0 radical (unpaired) electrons. The van der Waals surface area contributed by atoms with Crippen LogP contribution in [-0.2, 0) is 6.42 Å². The van der Waals surface area contributed by atoms with Gasteiger partial charge in [-0.3, -0.25) is 0 Å². The third-order valence-electron chi connectivity index (χ3n) is 3.59. The van der Waals surface area contributed by atoms with Crippen LogP contribution in [0.5, 0.6) is 0 Å². The van der Waals surface area contributed by atoms with E-state index in [9.17, 15) is 0 Å². The summed E-state index contributed by atoms with van der Waals surface area (Å²) in [7, 11) is 0. The van der Waals surface area contributed by atoms with Crippen molar-refractivity contribution in [2.24, 2.45) is 11.1 Å². The lowest BCUT2D eigenvalue weighted by atomic mass is 10.0. The number of hydrogen-bond donors (Lipinski definition) is 2. The van der Waals surface area contributed by atoms with Gasteiger partial charge in [-0.1, -0.05) is 11.6 Å². The third kappa shape index (κ3) is 1.72. The smallest absolute Gasteiger partial charge is 0.0457 e. The van der Waals surface area contributed by atoms with Gasteiger partial charge in [0.05, 0.1) is 0 Å². The minimum absolute atomic E-state index is 0.380. The number of aromatic nitrogens is 1. The fraction of sp³-hybridized carbons (Fsp3) is 0.385. The van der Waals surface area contributed by atoms with Crippen LogP contribution in [0.3, 0.4) is 0 Å². The van der Waals surface area contributed by atoms with Crippen LogP contribution in [0.4, 0.5) is 0 Å². The van der Waals surface area contributed by atoms with Gasteiger partial charge < -0.3 is 10.7 Å². The van der Waals surface area contributed by atoms with Gasteiger partial charge in [-0.15, -0.1) is 0 Å². The molecule has 1 aliphatic carbocycles. The number of benzene rings is 1. The van der Waals surface area contributed by atoms with Crippen LogP contribution in [-0.4, -0.2) is 11.5 Å². The number of halogens is 1. The normalized spacial score (nSPS) is 17.9. The first-order valence-electron chi connectivity index (χ1n) is 5.68. The molecule has 1 heterocycles. The highest BCUT2D eigenvalue weighted by Crippen LogP contribution is 2.47. The van der Waals surface area contributed by atoms with E-state index >= 15 is 0 Å². The van der Waals surface area contributed by atoms with E-state index < -0.39 is 0 Å². The fourth-order valence-electron chi connectivity index (χ4n) is 2.29. The minimum Gasteiger partial charge on any atom is -0.358 e. The zero-order valence-electron chi connectivity index (χ0n) is 9.09. The van der Waals surface area contributed by atoms with E-state index in [1.807, 2.05) is 18.2 Å². The summed E-state index contributed by atoms with van der Waals surface area (Å²) in [5.74, 6) is 0. The molecule has 1 aromatic heterocycles. The first-order chi connectivity index (χ1) is 7.71. The van der Waals surface area contributed by atoms with E-state index in [4.69, 9.17) is 17.3 Å². The molecule has 0 atom stereocenters. The van der Waals surface area contributed by atoms with Crippen molar-refractivity contribution >= 4 is 22.5 Å². The van der Waals surface area contributed by atoms with Crippen molar-refractivity contribution in [3.8, 4) is 0 Å². The molecule has 3 heteroatoms. The average molecular weight is 235 g/mol. The number of nitrogens with one attached hydrogen (secondary N) is 1. The lowest BCUT2D eigenvalue weighted by Gasteiger charge is -2.09. The van der Waals surface area contributed by atoms with E-state index in [-0.39, 0.29) is 0 Å². The Morgan fingerprint density at radius 3 is 2.81 bits per heavy atom. The second-order valence-electron chi connectivity index (χ2n) is 4.91. The molecule has 0 bridgehead atoms. The second-order valence-corrected chi connectivity index (χ2v) is 5.34. The molecule has 1 saturated carbocycles. The SMILES string of the molecule is NCC1(Cc2cc3cc(Cl)ccc3[nH]2)CC1. The van der Waals surface area contributed by atoms with Crippen molar-refractivity contribution in [1.29, 1.82) is 0 Å². The molecule has 1 aliphatic rings. The van der Waals surface area contributed by atoms with Crippen molar-refractivity contribution < 1.29 is 0 Å². The maximum Gasteiger partial charge on any atom is 0.0457 e. The summed E-state index contributed by atoms with van der Waals surface area (Å²) >= 11 is 5.97. The van der Waals surface area contributed by atoms with Crippen LogP contribution < -0.4 is 5.73 Å². The molecule has 1 fully saturated rings. The molecule has 2 aromatic rings. The number of hydrogen-bond acceptors (Lipinski definition) is 1. The average Bonchev–Trinajstić information content (AvgIpc) is 2.92. The predicted molar refractivity (Wildman–Crippen MR) is 67.7 cm³/mol. The fourth-order valence-corrected chi connectivity index (χ4v) is 2.47. The molecule has 3 N–H and O–H groups in total. The molecule has 0 amide bonds. The molecule has 1 aromatic carbocycles. The maximum atomic E-state index is 5.97. The largest absolute Gasteiger partial charge is 0.358 e. The van der Waals surface area contributed by atoms with Gasteiger partial charge in [-0.05, 0) is 55.5 Å². The maximum absolute atomic E-state index is 5.97. The lowest BCUT2D eigenvalue weighted by Crippen LogP contribution is -2.17. The van der Waals surface area contributed by atoms with Gasteiger partial charge in [-0.2, -0.15) is 0 Å². The van der Waals surface area contributed by atoms with Gasteiger partial charge in [0, 0.05) is 21.6 Å². The van der Waals surface area contributed by atoms with Gasteiger partial charge in [0.25, 0.3) is 0 Å². The van der Waals surface area contributed by atoms with Crippen LogP contribution in [0, 0.1) is 5.41 Å². The molecule has 0 unspecified atom stereocenters. The monoisotopic (exact) mass is 234 g/mol. The van der Waals surface area contributed by atoms with Gasteiger partial charge in [0.2, 0.25) is 0 Å². The summed E-state index contributed by atoms with van der Waals surface area (Å²) in [6.07, 6.45) is 3.59. The highest BCUT2D eigenvalue weighted by Gasteiger charge is 2.41. The van der Waals surface area contributed by atoms with Crippen molar-refractivity contribution in [1.82, 2.24) is 4.98 Å². The highest BCUT2D eigenvalue weighted by molar-refractivity contribution is 6.31. The van der Waals surface area contributed by atoms with Gasteiger partial charge in [0.15, 0.2) is 0 Å². The third-order valence-corrected chi connectivity index (χ3v) is 3.83. The Morgan fingerprint density at radius 1 is 1.31 bits per heavy atom. The summed E-state index contributed by atoms with van der Waals surface area (Å²) in [5, 5.41) is 1.98. The molecule has 0 spiro atoms. The first-order valence-corrected chi connectivity index (χ1v) is 6.06. The zero-order valence-corrected chi connectivity index (χ0v) is 9.85. The standard InChI is InChI=1S/C13H15ClN2/c14-10-1-2-12-9(5-10)6-11(16-12)7-13(8-15)3-4-13/h1-2,5-6,16H,3-4,7-8,15H2. The first kappa shape index (κ1) is 10.2. The topological polar surface area (TPSA) is 41.8 Å². The molecule has 0 saturated heterocycles. The molecular weight excluding hydrogens is 220 g/mol. The Hall–Kier alpha value is -0.990. The Bertz CT molecular complexity index is 526. The van der Waals surface area contributed by atoms with Crippen LogP contribution in [0.25, 0.3) is 10.9 Å². The second kappa shape index (κ2) is 3.51. The highest BCUT2D eigenvalue weighted by atomic mass is 35.5. The minimum atomic E-state index is 0.380. The van der Waals surface area contributed by atoms with Gasteiger partial charge in [0.1, 0.15) is 0 Å². The van der Waals surface area contributed by atoms with E-state index in [1.54, 1.807) is 0 Å². The molecule has 84 valence electrons. The number of H-pyrrole nitrogens is 1. The van der Waals surface area contributed by atoms with Crippen LogP contribution >= 0.6 is 11.6 Å². The molecule has 0 aliphatic heterocycles. The van der Waals surface area contributed by atoms with Crippen molar-refractivity contribution in [3.63, 3.8) is 0 Å². The van der Waals surface area contributed by atoms with Gasteiger partial charge in [-0.25, -0.2) is 0 Å². The van der Waals surface area contributed by atoms with Crippen LogP contribution in [0.2, 0.25) is 5.02 Å². The van der Waals surface area contributed by atoms with Crippen LogP contribution in [0.15, 0.2) is 24.3 Å². The lowest BCUT2D eigenvalue weighted by molar-refractivity contribution is 0.516. The predicted octanol–water partition coefficient (Wildman–Crippen LogP) is 3.10. The van der Waals surface area contributed by atoms with Crippen molar-refractivity contribution in [2.45, 2.75) is 19.3 Å². The Kier molecular flexibility index (Phi) is 2.23. The summed E-state index contributed by atoms with van der Waals surface area (Å²) in [4.78, 5) is 3.44. The van der Waals surface area contributed by atoms with Crippen molar-refractivity contribution in [2.75, 3.05) is 6.54 Å². The van der Waals surface area contributed by atoms with E-state index in [0.717, 1.165) is 23.5 Å². The number of nitrogens with two attached hydrogens (primary N) is 1. The summed E-state index contributed by atoms with van der Waals surface area (Å²) in [5.41, 5.74) is 8.62. The molecular formula is C13H15ClN2. The molecule has 3 rings (SSSR count). The van der Waals surface area contributed by atoms with E-state index in [0.29, 0.717) is 5.41 Å². The summed E-state index contributed by atoms with van der Waals surface area (Å²) in [6.45, 7) is 0.795. The van der Waals surface area contributed by atoms with E-state index in [2.05, 4.69) is 11.1 Å². The summed E-state index contributed by atoms with van der Waals surface area (Å²) < 4.78 is 0. The van der Waals surface area contributed by atoms with Crippen LogP contribution in [0.1, 0.15) is 18.5 Å². The number of fused-ring (bicyclic) bond motifs is 1. The Labute approximate surface area is 99.8 Å². The molecule has 16 heavy (non-hydrogen) atoms. The summed E-state index contributed by atoms with van der Waals surface area (Å²) in [6, 6.07) is 8.14. The Balaban J connectivity index is 1.93. The molecule has 2 nitrogen and oxygen atoms in total. The van der Waals surface area contributed by atoms with Gasteiger partial charge >= 0.3 is 0 Å². The number of aromatic amines is 1. The zero-order chi connectivity index (χ0) is 11.2. The van der Waals surface area contributed by atoms with Crippen molar-refractivity contribution in [3.05, 3.63) is 35.0 Å². The Morgan fingerprint density at radius 2 is 2.12 bits per heavy atom. The number of rotatable bonds is 3. The quantitative estimate of drug-likeness (QED) is 0.842.